The van der Waals surface area contributed by atoms with Crippen LogP contribution in [0.1, 0.15) is 22.5 Å². The van der Waals surface area contributed by atoms with Crippen molar-refractivity contribution in [1.29, 1.82) is 0 Å². The molecule has 2 rings (SSSR count). The lowest BCUT2D eigenvalue weighted by atomic mass is 9.98. The SMILES string of the molecule is Cc1nc(N(C)C)ncc1C(=O)N[C@@]1(C(=O)O)CCNC1. The van der Waals surface area contributed by atoms with Crippen molar-refractivity contribution in [1.82, 2.24) is 20.6 Å². The molecule has 1 fully saturated rings. The summed E-state index contributed by atoms with van der Waals surface area (Å²) in [4.78, 5) is 33.8. The molecule has 0 saturated carbocycles. The molecule has 0 aliphatic carbocycles. The number of aryl methyl sites for hydroxylation is 1. The van der Waals surface area contributed by atoms with E-state index in [1.807, 2.05) is 0 Å². The Morgan fingerprint density at radius 1 is 1.48 bits per heavy atom. The Morgan fingerprint density at radius 3 is 2.67 bits per heavy atom. The average molecular weight is 293 g/mol. The molecule has 1 aromatic rings. The minimum absolute atomic E-state index is 0.212. The van der Waals surface area contributed by atoms with E-state index in [1.54, 1.807) is 25.9 Å². The lowest BCUT2D eigenvalue weighted by Crippen LogP contribution is -2.56. The molecule has 0 unspecified atom stereocenters. The molecule has 0 spiro atoms. The molecule has 3 N–H and O–H groups in total. The molecule has 114 valence electrons. The molecule has 8 heteroatoms. The van der Waals surface area contributed by atoms with Crippen molar-refractivity contribution in [2.45, 2.75) is 18.9 Å². The van der Waals surface area contributed by atoms with Gasteiger partial charge in [0.25, 0.3) is 5.91 Å². The number of carbonyl (C=O) groups excluding carboxylic acids is 1. The second kappa shape index (κ2) is 5.65. The van der Waals surface area contributed by atoms with Crippen LogP contribution in [0.4, 0.5) is 5.95 Å². The first-order valence-electron chi connectivity index (χ1n) is 6.63. The van der Waals surface area contributed by atoms with Crippen molar-refractivity contribution in [3.05, 3.63) is 17.5 Å². The molecular weight excluding hydrogens is 274 g/mol. The van der Waals surface area contributed by atoms with Crippen molar-refractivity contribution in [3.63, 3.8) is 0 Å². The molecule has 0 radical (unpaired) electrons. The molecule has 1 aliphatic heterocycles. The van der Waals surface area contributed by atoms with Crippen molar-refractivity contribution in [2.24, 2.45) is 0 Å². The van der Waals surface area contributed by atoms with Crippen LogP contribution in [-0.2, 0) is 4.79 Å². The van der Waals surface area contributed by atoms with E-state index in [-0.39, 0.29) is 12.1 Å². The van der Waals surface area contributed by atoms with E-state index < -0.39 is 17.4 Å². The summed E-state index contributed by atoms with van der Waals surface area (Å²) in [6.07, 6.45) is 1.77. The highest BCUT2D eigenvalue weighted by atomic mass is 16.4. The van der Waals surface area contributed by atoms with Gasteiger partial charge in [-0.3, -0.25) is 4.79 Å². The lowest BCUT2D eigenvalue weighted by Gasteiger charge is -2.24. The van der Waals surface area contributed by atoms with Gasteiger partial charge in [0.15, 0.2) is 5.54 Å². The largest absolute Gasteiger partial charge is 0.479 e. The van der Waals surface area contributed by atoms with E-state index in [1.165, 1.54) is 6.20 Å². The Kier molecular flexibility index (Phi) is 4.08. The maximum absolute atomic E-state index is 12.3. The van der Waals surface area contributed by atoms with Crippen LogP contribution < -0.4 is 15.5 Å². The van der Waals surface area contributed by atoms with Gasteiger partial charge < -0.3 is 20.6 Å². The van der Waals surface area contributed by atoms with Crippen LogP contribution in [0.5, 0.6) is 0 Å². The van der Waals surface area contributed by atoms with Gasteiger partial charge in [-0.25, -0.2) is 14.8 Å². The number of carbonyl (C=O) groups is 2. The van der Waals surface area contributed by atoms with E-state index >= 15 is 0 Å². The number of anilines is 1. The third kappa shape index (κ3) is 2.94. The quantitative estimate of drug-likeness (QED) is 0.680. The van der Waals surface area contributed by atoms with Gasteiger partial charge in [0, 0.05) is 26.8 Å². The second-order valence-electron chi connectivity index (χ2n) is 5.33. The third-order valence-electron chi connectivity index (χ3n) is 3.53. The molecule has 8 nitrogen and oxygen atoms in total. The zero-order valence-electron chi connectivity index (χ0n) is 12.3. The van der Waals surface area contributed by atoms with Crippen LogP contribution in [0, 0.1) is 6.92 Å². The van der Waals surface area contributed by atoms with E-state index in [2.05, 4.69) is 20.6 Å². The van der Waals surface area contributed by atoms with Gasteiger partial charge in [0.1, 0.15) is 0 Å². The second-order valence-corrected chi connectivity index (χ2v) is 5.33. The van der Waals surface area contributed by atoms with Crippen LogP contribution in [0.3, 0.4) is 0 Å². The highest BCUT2D eigenvalue weighted by Crippen LogP contribution is 2.17. The summed E-state index contributed by atoms with van der Waals surface area (Å²) in [5.74, 6) is -1.01. The summed E-state index contributed by atoms with van der Waals surface area (Å²) in [6.45, 7) is 2.47. The summed E-state index contributed by atoms with van der Waals surface area (Å²) in [7, 11) is 3.61. The average Bonchev–Trinajstić information content (AvgIpc) is 2.88. The number of carboxylic acids is 1. The Hall–Kier alpha value is -2.22. The van der Waals surface area contributed by atoms with E-state index in [4.69, 9.17) is 0 Å². The summed E-state index contributed by atoms with van der Waals surface area (Å²) in [5.41, 5.74) is -0.463. The molecule has 1 aromatic heterocycles. The minimum Gasteiger partial charge on any atom is -0.479 e. The van der Waals surface area contributed by atoms with Crippen LogP contribution in [0.25, 0.3) is 0 Å². The lowest BCUT2D eigenvalue weighted by molar-refractivity contribution is -0.143. The number of nitrogens with zero attached hydrogens (tertiary/aromatic N) is 3. The number of rotatable bonds is 4. The fraction of sp³-hybridized carbons (Fsp3) is 0.538. The summed E-state index contributed by atoms with van der Waals surface area (Å²) in [5, 5.41) is 14.9. The first kappa shape index (κ1) is 15.2. The maximum Gasteiger partial charge on any atom is 0.330 e. The maximum atomic E-state index is 12.3. The molecule has 2 heterocycles. The Labute approximate surface area is 122 Å². The zero-order valence-corrected chi connectivity index (χ0v) is 12.3. The molecule has 1 atom stereocenters. The molecule has 1 amide bonds. The van der Waals surface area contributed by atoms with Crippen LogP contribution >= 0.6 is 0 Å². The van der Waals surface area contributed by atoms with Crippen LogP contribution in [0.15, 0.2) is 6.20 Å². The molecule has 1 aliphatic rings. The topological polar surface area (TPSA) is 107 Å². The molecule has 1 saturated heterocycles. The standard InChI is InChI=1S/C13H19N5O3/c1-8-9(6-15-12(16-8)18(2)3)10(19)17-13(11(20)21)4-5-14-7-13/h6,14H,4-5,7H2,1-3H3,(H,17,19)(H,20,21)/t13-/m0/s1. The third-order valence-corrected chi connectivity index (χ3v) is 3.53. The fourth-order valence-electron chi connectivity index (χ4n) is 2.21. The Bertz CT molecular complexity index is 567. The smallest absolute Gasteiger partial charge is 0.330 e. The van der Waals surface area contributed by atoms with Crippen LogP contribution in [-0.4, -0.2) is 59.7 Å². The Morgan fingerprint density at radius 2 is 2.19 bits per heavy atom. The normalized spacial score (nSPS) is 21.1. The zero-order chi connectivity index (χ0) is 15.6. The van der Waals surface area contributed by atoms with Gasteiger partial charge in [-0.1, -0.05) is 0 Å². The minimum atomic E-state index is -1.26. The van der Waals surface area contributed by atoms with Crippen molar-refractivity contribution >= 4 is 17.8 Å². The number of nitrogens with one attached hydrogen (secondary N) is 2. The monoisotopic (exact) mass is 293 g/mol. The molecule has 21 heavy (non-hydrogen) atoms. The number of hydrogen-bond acceptors (Lipinski definition) is 6. The number of hydrogen-bond donors (Lipinski definition) is 3. The molecular formula is C13H19N5O3. The predicted octanol–water partition coefficient (Wildman–Crippen LogP) is -0.602. The number of carboxylic acid groups (broad SMARTS) is 1. The Balaban J connectivity index is 2.22. The van der Waals surface area contributed by atoms with E-state index in [0.29, 0.717) is 24.6 Å². The fourth-order valence-corrected chi connectivity index (χ4v) is 2.21. The van der Waals surface area contributed by atoms with Gasteiger partial charge in [-0.05, 0) is 19.9 Å². The first-order chi connectivity index (χ1) is 9.85. The van der Waals surface area contributed by atoms with Gasteiger partial charge in [0.2, 0.25) is 5.95 Å². The van der Waals surface area contributed by atoms with E-state index in [0.717, 1.165) is 0 Å². The highest BCUT2D eigenvalue weighted by molar-refractivity contribution is 5.98. The summed E-state index contributed by atoms with van der Waals surface area (Å²) < 4.78 is 0. The highest BCUT2D eigenvalue weighted by Gasteiger charge is 2.43. The predicted molar refractivity (Wildman–Crippen MR) is 76.4 cm³/mol. The van der Waals surface area contributed by atoms with Crippen LogP contribution in [0.2, 0.25) is 0 Å². The van der Waals surface area contributed by atoms with Crippen molar-refractivity contribution in [2.75, 3.05) is 32.1 Å². The van der Waals surface area contributed by atoms with Crippen molar-refractivity contribution < 1.29 is 14.7 Å². The van der Waals surface area contributed by atoms with E-state index in [9.17, 15) is 14.7 Å². The van der Waals surface area contributed by atoms with Gasteiger partial charge in [-0.2, -0.15) is 0 Å². The van der Waals surface area contributed by atoms with Gasteiger partial charge in [-0.15, -0.1) is 0 Å². The summed E-state index contributed by atoms with van der Waals surface area (Å²) >= 11 is 0. The number of aliphatic carboxylic acids is 1. The summed E-state index contributed by atoms with van der Waals surface area (Å²) in [6, 6.07) is 0. The van der Waals surface area contributed by atoms with Crippen molar-refractivity contribution in [3.8, 4) is 0 Å². The number of aromatic nitrogens is 2. The number of amides is 1. The first-order valence-corrected chi connectivity index (χ1v) is 6.63. The molecule has 0 bridgehead atoms. The van der Waals surface area contributed by atoms with Gasteiger partial charge in [0.05, 0.1) is 11.3 Å². The molecule has 0 aromatic carbocycles. The van der Waals surface area contributed by atoms with Gasteiger partial charge >= 0.3 is 5.97 Å².